The molecule has 5 heteroatoms. The number of rotatable bonds is 2. The molecule has 0 saturated carbocycles. The van der Waals surface area contributed by atoms with E-state index in [1.165, 1.54) is 12.3 Å². The lowest BCUT2D eigenvalue weighted by atomic mass is 9.95. The Bertz CT molecular complexity index is 506. The summed E-state index contributed by atoms with van der Waals surface area (Å²) in [5.41, 5.74) is 0.869. The lowest BCUT2D eigenvalue weighted by Gasteiger charge is -2.12. The van der Waals surface area contributed by atoms with E-state index in [0.29, 0.717) is 0 Å². The highest BCUT2D eigenvalue weighted by molar-refractivity contribution is 5.29. The molecular formula is C13H11F3N2. The maximum absolute atomic E-state index is 12.4. The molecule has 0 spiro atoms. The monoisotopic (exact) mass is 252 g/mol. The van der Waals surface area contributed by atoms with Crippen LogP contribution in [0.25, 0.3) is 0 Å². The average Bonchev–Trinajstić information content (AvgIpc) is 2.38. The molecule has 0 amide bonds. The Morgan fingerprint density at radius 3 is 2.17 bits per heavy atom. The van der Waals surface area contributed by atoms with Crippen LogP contribution in [0.4, 0.5) is 13.2 Å². The van der Waals surface area contributed by atoms with Gasteiger partial charge in [0.2, 0.25) is 0 Å². The maximum atomic E-state index is 12.4. The van der Waals surface area contributed by atoms with Crippen molar-refractivity contribution in [2.75, 3.05) is 0 Å². The fraction of sp³-hybridized carbons (Fsp3) is 0.231. The molecule has 2 heterocycles. The fourth-order valence-corrected chi connectivity index (χ4v) is 1.67. The molecular weight excluding hydrogens is 241 g/mol. The van der Waals surface area contributed by atoms with Crippen molar-refractivity contribution in [1.29, 1.82) is 0 Å². The first-order valence-corrected chi connectivity index (χ1v) is 5.41. The summed E-state index contributed by atoms with van der Waals surface area (Å²) in [6, 6.07) is 6.14. The first-order chi connectivity index (χ1) is 8.48. The molecule has 0 aliphatic carbocycles. The minimum Gasteiger partial charge on any atom is -0.265 e. The molecule has 2 nitrogen and oxygen atoms in total. The number of aromatic nitrogens is 2. The Balaban J connectivity index is 2.25. The Morgan fingerprint density at radius 2 is 1.67 bits per heavy atom. The van der Waals surface area contributed by atoms with Crippen LogP contribution in [-0.4, -0.2) is 9.97 Å². The zero-order valence-corrected chi connectivity index (χ0v) is 9.65. The van der Waals surface area contributed by atoms with Crippen molar-refractivity contribution < 1.29 is 13.2 Å². The second-order valence-corrected chi connectivity index (χ2v) is 3.98. The van der Waals surface area contributed by atoms with Gasteiger partial charge in [-0.2, -0.15) is 13.2 Å². The lowest BCUT2D eigenvalue weighted by Crippen LogP contribution is -2.08. The van der Waals surface area contributed by atoms with Gasteiger partial charge in [-0.1, -0.05) is 13.0 Å². The van der Waals surface area contributed by atoms with Crippen LogP contribution in [0.1, 0.15) is 29.7 Å². The Kier molecular flexibility index (Phi) is 3.32. The predicted molar refractivity (Wildman–Crippen MR) is 61.0 cm³/mol. The van der Waals surface area contributed by atoms with E-state index >= 15 is 0 Å². The van der Waals surface area contributed by atoms with Gasteiger partial charge in [0.05, 0.1) is 0 Å². The van der Waals surface area contributed by atoms with E-state index in [0.717, 1.165) is 17.2 Å². The summed E-state index contributed by atoms with van der Waals surface area (Å²) in [6.07, 6.45) is 0.193. The second kappa shape index (κ2) is 4.76. The molecule has 0 N–H and O–H groups in total. The summed E-state index contributed by atoms with van der Waals surface area (Å²) in [5.74, 6) is -0.0113. The SMILES string of the molecule is CC(c1ccncc1)c1ccc(C(F)(F)F)nc1. The highest BCUT2D eigenvalue weighted by Gasteiger charge is 2.32. The van der Waals surface area contributed by atoms with Gasteiger partial charge in [0, 0.05) is 24.5 Å². The van der Waals surface area contributed by atoms with E-state index in [-0.39, 0.29) is 5.92 Å². The number of hydrogen-bond donors (Lipinski definition) is 0. The van der Waals surface area contributed by atoms with Gasteiger partial charge in [0.25, 0.3) is 0 Å². The van der Waals surface area contributed by atoms with Crippen molar-refractivity contribution in [1.82, 2.24) is 9.97 Å². The highest BCUT2D eigenvalue weighted by atomic mass is 19.4. The van der Waals surface area contributed by atoms with Gasteiger partial charge < -0.3 is 0 Å². The van der Waals surface area contributed by atoms with E-state index in [4.69, 9.17) is 0 Å². The molecule has 0 aliphatic heterocycles. The number of hydrogen-bond acceptors (Lipinski definition) is 2. The topological polar surface area (TPSA) is 25.8 Å². The van der Waals surface area contributed by atoms with Crippen LogP contribution in [0, 0.1) is 0 Å². The number of alkyl halides is 3. The van der Waals surface area contributed by atoms with Gasteiger partial charge in [0.15, 0.2) is 0 Å². The molecule has 0 fully saturated rings. The predicted octanol–water partition coefficient (Wildman–Crippen LogP) is 3.65. The van der Waals surface area contributed by atoms with Crippen LogP contribution in [0.2, 0.25) is 0 Å². The van der Waals surface area contributed by atoms with Crippen LogP contribution in [0.5, 0.6) is 0 Å². The van der Waals surface area contributed by atoms with Crippen LogP contribution in [0.3, 0.4) is 0 Å². The molecule has 2 rings (SSSR count). The molecule has 2 aromatic heterocycles. The average molecular weight is 252 g/mol. The lowest BCUT2D eigenvalue weighted by molar-refractivity contribution is -0.141. The number of nitrogens with zero attached hydrogens (tertiary/aromatic N) is 2. The summed E-state index contributed by atoms with van der Waals surface area (Å²) in [4.78, 5) is 7.36. The number of halogens is 3. The largest absolute Gasteiger partial charge is 0.433 e. The Morgan fingerprint density at radius 1 is 1.00 bits per heavy atom. The minimum atomic E-state index is -4.39. The van der Waals surface area contributed by atoms with Crippen LogP contribution >= 0.6 is 0 Å². The summed E-state index contributed by atoms with van der Waals surface area (Å²) < 4.78 is 37.1. The molecule has 1 unspecified atom stereocenters. The summed E-state index contributed by atoms with van der Waals surface area (Å²) in [7, 11) is 0. The fourth-order valence-electron chi connectivity index (χ4n) is 1.67. The van der Waals surface area contributed by atoms with Gasteiger partial charge in [-0.25, -0.2) is 0 Å². The molecule has 0 bridgehead atoms. The first-order valence-electron chi connectivity index (χ1n) is 5.41. The van der Waals surface area contributed by atoms with E-state index in [1.54, 1.807) is 12.4 Å². The first kappa shape index (κ1) is 12.5. The molecule has 0 aliphatic rings. The summed E-state index contributed by atoms with van der Waals surface area (Å²) in [6.45, 7) is 1.92. The minimum absolute atomic E-state index is 0.0113. The zero-order valence-electron chi connectivity index (χ0n) is 9.65. The van der Waals surface area contributed by atoms with Gasteiger partial charge in [-0.05, 0) is 29.3 Å². The Labute approximate surface area is 103 Å². The third-order valence-electron chi connectivity index (χ3n) is 2.78. The molecule has 0 saturated heterocycles. The van der Waals surface area contributed by atoms with Crippen molar-refractivity contribution >= 4 is 0 Å². The van der Waals surface area contributed by atoms with Crippen molar-refractivity contribution in [2.45, 2.75) is 19.0 Å². The maximum Gasteiger partial charge on any atom is 0.433 e. The molecule has 94 valence electrons. The normalized spacial score (nSPS) is 13.3. The van der Waals surface area contributed by atoms with Crippen molar-refractivity contribution in [3.05, 3.63) is 59.7 Å². The molecule has 0 radical (unpaired) electrons. The third-order valence-corrected chi connectivity index (χ3v) is 2.78. The van der Waals surface area contributed by atoms with Crippen molar-refractivity contribution in [2.24, 2.45) is 0 Å². The van der Waals surface area contributed by atoms with Gasteiger partial charge in [-0.15, -0.1) is 0 Å². The number of pyridine rings is 2. The second-order valence-electron chi connectivity index (χ2n) is 3.98. The van der Waals surface area contributed by atoms with Crippen molar-refractivity contribution in [3.8, 4) is 0 Å². The molecule has 0 aromatic carbocycles. The quantitative estimate of drug-likeness (QED) is 0.815. The smallest absolute Gasteiger partial charge is 0.265 e. The summed E-state index contributed by atoms with van der Waals surface area (Å²) >= 11 is 0. The van der Waals surface area contributed by atoms with Gasteiger partial charge >= 0.3 is 6.18 Å². The highest BCUT2D eigenvalue weighted by Crippen LogP contribution is 2.29. The van der Waals surface area contributed by atoms with Gasteiger partial charge in [0.1, 0.15) is 5.69 Å². The van der Waals surface area contributed by atoms with Crippen molar-refractivity contribution in [3.63, 3.8) is 0 Å². The van der Waals surface area contributed by atoms with E-state index in [2.05, 4.69) is 9.97 Å². The molecule has 18 heavy (non-hydrogen) atoms. The standard InChI is InChI=1S/C13H11F3N2/c1-9(10-4-6-17-7-5-10)11-2-3-12(18-8-11)13(14,15)16/h2-9H,1H3. The third kappa shape index (κ3) is 2.67. The van der Waals surface area contributed by atoms with Crippen LogP contribution in [0.15, 0.2) is 42.9 Å². The Hall–Kier alpha value is -1.91. The molecule has 2 aromatic rings. The summed E-state index contributed by atoms with van der Waals surface area (Å²) in [5, 5.41) is 0. The molecule has 1 atom stereocenters. The van der Waals surface area contributed by atoms with E-state index in [9.17, 15) is 13.2 Å². The van der Waals surface area contributed by atoms with E-state index in [1.807, 2.05) is 19.1 Å². The van der Waals surface area contributed by atoms with Crippen LogP contribution in [-0.2, 0) is 6.18 Å². The zero-order chi connectivity index (χ0) is 13.2. The van der Waals surface area contributed by atoms with Gasteiger partial charge in [-0.3, -0.25) is 9.97 Å². The van der Waals surface area contributed by atoms with E-state index < -0.39 is 11.9 Å². The van der Waals surface area contributed by atoms with Crippen LogP contribution < -0.4 is 0 Å².